The summed E-state index contributed by atoms with van der Waals surface area (Å²) in [5, 5.41) is 6.93. The predicted octanol–water partition coefficient (Wildman–Crippen LogP) is 0.328. The van der Waals surface area contributed by atoms with E-state index in [2.05, 4.69) is 20.4 Å². The van der Waals surface area contributed by atoms with E-state index in [-0.39, 0.29) is 17.6 Å². The van der Waals surface area contributed by atoms with Gasteiger partial charge >= 0.3 is 0 Å². The van der Waals surface area contributed by atoms with Crippen LogP contribution in [0.1, 0.15) is 22.2 Å². The van der Waals surface area contributed by atoms with Crippen molar-refractivity contribution in [2.75, 3.05) is 13.7 Å². The molecule has 0 fully saturated rings. The highest BCUT2D eigenvalue weighted by atomic mass is 16.5. The Labute approximate surface area is 110 Å². The van der Waals surface area contributed by atoms with Crippen LogP contribution in [0.3, 0.4) is 0 Å². The summed E-state index contributed by atoms with van der Waals surface area (Å²) in [6.45, 7) is 0.353. The van der Waals surface area contributed by atoms with Crippen molar-refractivity contribution in [1.82, 2.24) is 25.1 Å². The number of nitrogens with one attached hydrogen (secondary N) is 1. The highest BCUT2D eigenvalue weighted by Crippen LogP contribution is 2.12. The summed E-state index contributed by atoms with van der Waals surface area (Å²) < 4.78 is 6.82. The van der Waals surface area contributed by atoms with Gasteiger partial charge in [-0.25, -0.2) is 4.98 Å². The number of rotatable bonds is 5. The van der Waals surface area contributed by atoms with E-state index in [1.165, 1.54) is 18.6 Å². The summed E-state index contributed by atoms with van der Waals surface area (Å²) in [5.41, 5.74) is 1.13. The lowest BCUT2D eigenvalue weighted by Gasteiger charge is -2.17. The first-order valence-electron chi connectivity index (χ1n) is 5.76. The van der Waals surface area contributed by atoms with Gasteiger partial charge in [0.25, 0.3) is 5.91 Å². The van der Waals surface area contributed by atoms with Gasteiger partial charge in [0.2, 0.25) is 0 Å². The van der Waals surface area contributed by atoms with Crippen LogP contribution in [0.2, 0.25) is 0 Å². The average molecular weight is 261 g/mol. The number of hydrogen-bond donors (Lipinski definition) is 1. The molecule has 2 aromatic heterocycles. The number of hydrogen-bond acceptors (Lipinski definition) is 5. The molecule has 0 aliphatic rings. The Kier molecular flexibility index (Phi) is 4.19. The van der Waals surface area contributed by atoms with E-state index in [1.807, 2.05) is 13.1 Å². The first-order chi connectivity index (χ1) is 9.22. The molecular weight excluding hydrogens is 246 g/mol. The molecule has 19 heavy (non-hydrogen) atoms. The van der Waals surface area contributed by atoms with Gasteiger partial charge < -0.3 is 10.1 Å². The Morgan fingerprint density at radius 2 is 2.32 bits per heavy atom. The van der Waals surface area contributed by atoms with Crippen LogP contribution in [0, 0.1) is 0 Å². The van der Waals surface area contributed by atoms with Gasteiger partial charge in [-0.1, -0.05) is 0 Å². The molecule has 0 aromatic carbocycles. The van der Waals surface area contributed by atoms with Crippen molar-refractivity contribution in [3.63, 3.8) is 0 Å². The molecule has 0 saturated carbocycles. The maximum Gasteiger partial charge on any atom is 0.272 e. The number of carbonyl (C=O) groups excluding carboxylic acids is 1. The molecule has 7 heteroatoms. The predicted molar refractivity (Wildman–Crippen MR) is 67.3 cm³/mol. The molecule has 2 aromatic rings. The molecule has 1 N–H and O–H groups in total. The van der Waals surface area contributed by atoms with Crippen molar-refractivity contribution in [3.05, 3.63) is 42.2 Å². The highest BCUT2D eigenvalue weighted by Gasteiger charge is 2.19. The quantitative estimate of drug-likeness (QED) is 0.838. The summed E-state index contributed by atoms with van der Waals surface area (Å²) in [5.74, 6) is -0.295. The lowest BCUT2D eigenvalue weighted by atomic mass is 10.2. The molecule has 0 radical (unpaired) electrons. The van der Waals surface area contributed by atoms with Crippen LogP contribution in [0.5, 0.6) is 0 Å². The molecule has 7 nitrogen and oxygen atoms in total. The van der Waals surface area contributed by atoms with Crippen LogP contribution in [0.25, 0.3) is 0 Å². The van der Waals surface area contributed by atoms with Crippen molar-refractivity contribution in [2.24, 2.45) is 7.05 Å². The van der Waals surface area contributed by atoms with E-state index >= 15 is 0 Å². The molecule has 1 atom stereocenters. The number of amides is 1. The molecule has 0 bridgehead atoms. The molecule has 0 saturated heterocycles. The molecule has 0 unspecified atom stereocenters. The molecule has 0 spiro atoms. The van der Waals surface area contributed by atoms with Gasteiger partial charge in [-0.15, -0.1) is 0 Å². The monoisotopic (exact) mass is 261 g/mol. The minimum absolute atomic E-state index is 0.269. The van der Waals surface area contributed by atoms with Crippen molar-refractivity contribution < 1.29 is 9.53 Å². The van der Waals surface area contributed by atoms with Crippen molar-refractivity contribution in [1.29, 1.82) is 0 Å². The van der Waals surface area contributed by atoms with E-state index < -0.39 is 0 Å². The zero-order valence-electron chi connectivity index (χ0n) is 10.8. The van der Waals surface area contributed by atoms with E-state index in [0.717, 1.165) is 5.69 Å². The SMILES string of the molecule is COC[C@@H](NC(=O)c1cnccn1)c1ccnn1C. The average Bonchev–Trinajstić information content (AvgIpc) is 2.85. The Bertz CT molecular complexity index is 540. The summed E-state index contributed by atoms with van der Waals surface area (Å²) >= 11 is 0. The van der Waals surface area contributed by atoms with E-state index in [9.17, 15) is 4.79 Å². The largest absolute Gasteiger partial charge is 0.382 e. The first kappa shape index (κ1) is 13.2. The standard InChI is InChI=1S/C12H15N5O2/c1-17-11(3-4-15-17)10(8-19-2)16-12(18)9-7-13-5-6-14-9/h3-7,10H,8H2,1-2H3,(H,16,18)/t10-/m1/s1. The molecule has 0 aliphatic carbocycles. The second-order valence-electron chi connectivity index (χ2n) is 3.95. The summed E-state index contributed by atoms with van der Waals surface area (Å²) in [6, 6.07) is 1.55. The third-order valence-electron chi connectivity index (χ3n) is 2.65. The van der Waals surface area contributed by atoms with Gasteiger partial charge in [0.05, 0.1) is 24.5 Å². The lowest BCUT2D eigenvalue weighted by Crippen LogP contribution is -2.33. The second kappa shape index (κ2) is 6.05. The molecule has 2 heterocycles. The third-order valence-corrected chi connectivity index (χ3v) is 2.65. The maximum atomic E-state index is 12.0. The molecule has 100 valence electrons. The van der Waals surface area contributed by atoms with Crippen LogP contribution in [-0.4, -0.2) is 39.4 Å². The third kappa shape index (κ3) is 3.14. The Hall–Kier alpha value is -2.28. The number of aryl methyl sites for hydroxylation is 1. The molecule has 0 aliphatic heterocycles. The van der Waals surface area contributed by atoms with Gasteiger partial charge in [0.15, 0.2) is 0 Å². The Morgan fingerprint density at radius 3 is 2.89 bits per heavy atom. The fourth-order valence-corrected chi connectivity index (χ4v) is 1.74. The Balaban J connectivity index is 2.14. The van der Waals surface area contributed by atoms with Crippen molar-refractivity contribution in [3.8, 4) is 0 Å². The number of carbonyl (C=O) groups is 1. The Morgan fingerprint density at radius 1 is 1.47 bits per heavy atom. The van der Waals surface area contributed by atoms with Gasteiger partial charge in [-0.3, -0.25) is 14.5 Å². The molecule has 2 rings (SSSR count). The molecule has 1 amide bonds. The highest BCUT2D eigenvalue weighted by molar-refractivity contribution is 5.92. The van der Waals surface area contributed by atoms with Gasteiger partial charge in [0.1, 0.15) is 5.69 Å². The summed E-state index contributed by atoms with van der Waals surface area (Å²) in [7, 11) is 3.39. The van der Waals surface area contributed by atoms with Gasteiger partial charge in [0, 0.05) is 32.7 Å². The summed E-state index contributed by atoms with van der Waals surface area (Å²) in [4.78, 5) is 19.9. The second-order valence-corrected chi connectivity index (χ2v) is 3.95. The van der Waals surface area contributed by atoms with E-state index in [4.69, 9.17) is 4.74 Å². The number of ether oxygens (including phenoxy) is 1. The minimum Gasteiger partial charge on any atom is -0.382 e. The van der Waals surface area contributed by atoms with Crippen LogP contribution < -0.4 is 5.32 Å². The van der Waals surface area contributed by atoms with Crippen LogP contribution in [-0.2, 0) is 11.8 Å². The van der Waals surface area contributed by atoms with Crippen molar-refractivity contribution >= 4 is 5.91 Å². The fraction of sp³-hybridized carbons (Fsp3) is 0.333. The molecular formula is C12H15N5O2. The topological polar surface area (TPSA) is 81.9 Å². The fourth-order valence-electron chi connectivity index (χ4n) is 1.74. The zero-order valence-corrected chi connectivity index (χ0v) is 10.8. The van der Waals surface area contributed by atoms with Crippen LogP contribution >= 0.6 is 0 Å². The van der Waals surface area contributed by atoms with Gasteiger partial charge in [-0.2, -0.15) is 5.10 Å². The summed E-state index contributed by atoms with van der Waals surface area (Å²) in [6.07, 6.45) is 6.09. The van der Waals surface area contributed by atoms with Crippen LogP contribution in [0.15, 0.2) is 30.9 Å². The zero-order chi connectivity index (χ0) is 13.7. The number of methoxy groups -OCH3 is 1. The first-order valence-corrected chi connectivity index (χ1v) is 5.76. The maximum absolute atomic E-state index is 12.0. The minimum atomic E-state index is -0.295. The van der Waals surface area contributed by atoms with E-state index in [1.54, 1.807) is 18.0 Å². The number of nitrogens with zero attached hydrogens (tertiary/aromatic N) is 4. The van der Waals surface area contributed by atoms with Crippen LogP contribution in [0.4, 0.5) is 0 Å². The number of aromatic nitrogens is 4. The smallest absolute Gasteiger partial charge is 0.272 e. The lowest BCUT2D eigenvalue weighted by molar-refractivity contribution is 0.0887. The van der Waals surface area contributed by atoms with Crippen molar-refractivity contribution in [2.45, 2.75) is 6.04 Å². The normalized spacial score (nSPS) is 12.1. The van der Waals surface area contributed by atoms with E-state index in [0.29, 0.717) is 6.61 Å². The van der Waals surface area contributed by atoms with Gasteiger partial charge in [-0.05, 0) is 6.07 Å².